The molecule has 0 saturated carbocycles. The molecule has 0 spiro atoms. The van der Waals surface area contributed by atoms with Gasteiger partial charge in [-0.2, -0.15) is 0 Å². The average molecular weight is 476 g/mol. The quantitative estimate of drug-likeness (QED) is 0.513. The Kier molecular flexibility index (Phi) is 7.31. The van der Waals surface area contributed by atoms with E-state index < -0.39 is 21.8 Å². The molecule has 3 rings (SSSR count). The highest BCUT2D eigenvalue weighted by Crippen LogP contribution is 2.40. The summed E-state index contributed by atoms with van der Waals surface area (Å²) >= 11 is 0. The molecule has 1 amide bonds. The van der Waals surface area contributed by atoms with Gasteiger partial charge in [0.05, 0.1) is 43.6 Å². The summed E-state index contributed by atoms with van der Waals surface area (Å²) in [7, 11) is -1.96. The molecule has 33 heavy (non-hydrogen) atoms. The molecule has 2 aromatic carbocycles. The van der Waals surface area contributed by atoms with E-state index in [0.717, 1.165) is 11.8 Å². The molecule has 178 valence electrons. The van der Waals surface area contributed by atoms with Gasteiger partial charge in [0.1, 0.15) is 9.84 Å². The smallest absolute Gasteiger partial charge is 0.338 e. The van der Waals surface area contributed by atoms with Crippen LogP contribution in [0.25, 0.3) is 0 Å². The van der Waals surface area contributed by atoms with Crippen LogP contribution in [0.5, 0.6) is 11.5 Å². The number of amides is 1. The van der Waals surface area contributed by atoms with Gasteiger partial charge in [-0.15, -0.1) is 0 Å². The van der Waals surface area contributed by atoms with Gasteiger partial charge in [0, 0.05) is 11.9 Å². The standard InChI is InChI=1S/C24H29NO7S/c1-6-31-22-12-16(9-10-21(22)30-4)20(14-33(5,28)29)25-19-11-18(24(27)32-15(2)3)8-7-17(19)13-23(25)26/h7-12,15,20H,6,13-14H2,1-5H3. The van der Waals surface area contributed by atoms with Crippen molar-refractivity contribution in [1.29, 1.82) is 0 Å². The number of hydrogen-bond donors (Lipinski definition) is 0. The summed E-state index contributed by atoms with van der Waals surface area (Å²) in [5.41, 5.74) is 2.10. The third kappa shape index (κ3) is 5.65. The molecule has 0 fully saturated rings. The van der Waals surface area contributed by atoms with E-state index in [4.69, 9.17) is 14.2 Å². The molecule has 0 aliphatic carbocycles. The van der Waals surface area contributed by atoms with Gasteiger partial charge in [-0.05, 0) is 56.2 Å². The highest BCUT2D eigenvalue weighted by atomic mass is 32.2. The summed E-state index contributed by atoms with van der Waals surface area (Å²) in [6, 6.07) is 9.21. The zero-order chi connectivity index (χ0) is 24.3. The lowest BCUT2D eigenvalue weighted by molar-refractivity contribution is -0.117. The monoisotopic (exact) mass is 475 g/mol. The Labute approximate surface area is 194 Å². The van der Waals surface area contributed by atoms with Gasteiger partial charge in [-0.25, -0.2) is 13.2 Å². The van der Waals surface area contributed by atoms with Crippen molar-refractivity contribution in [2.24, 2.45) is 0 Å². The topological polar surface area (TPSA) is 99.2 Å². The van der Waals surface area contributed by atoms with E-state index in [1.807, 2.05) is 6.92 Å². The van der Waals surface area contributed by atoms with Gasteiger partial charge in [-0.3, -0.25) is 4.79 Å². The van der Waals surface area contributed by atoms with E-state index >= 15 is 0 Å². The third-order valence-electron chi connectivity index (χ3n) is 5.18. The summed E-state index contributed by atoms with van der Waals surface area (Å²) in [6.45, 7) is 5.73. The second-order valence-electron chi connectivity index (χ2n) is 8.19. The molecule has 0 aromatic heterocycles. The Morgan fingerprint density at radius 1 is 1.12 bits per heavy atom. The average Bonchev–Trinajstić information content (AvgIpc) is 3.06. The Hall–Kier alpha value is -3.07. The van der Waals surface area contributed by atoms with E-state index in [2.05, 4.69) is 0 Å². The Balaban J connectivity index is 2.11. The number of carbonyl (C=O) groups is 2. The highest BCUT2D eigenvalue weighted by molar-refractivity contribution is 7.90. The van der Waals surface area contributed by atoms with Crippen molar-refractivity contribution >= 4 is 27.4 Å². The molecule has 1 heterocycles. The molecular formula is C24H29NO7S. The van der Waals surface area contributed by atoms with Gasteiger partial charge in [0.2, 0.25) is 5.91 Å². The molecule has 1 atom stereocenters. The minimum atomic E-state index is -3.48. The van der Waals surface area contributed by atoms with Crippen molar-refractivity contribution in [3.8, 4) is 11.5 Å². The summed E-state index contributed by atoms with van der Waals surface area (Å²) in [4.78, 5) is 27.0. The molecule has 0 N–H and O–H groups in total. The van der Waals surface area contributed by atoms with Gasteiger partial charge in [0.15, 0.2) is 11.5 Å². The van der Waals surface area contributed by atoms with Crippen molar-refractivity contribution < 1.29 is 32.2 Å². The Bertz CT molecular complexity index is 1160. The van der Waals surface area contributed by atoms with Crippen LogP contribution in [-0.4, -0.2) is 52.1 Å². The maximum Gasteiger partial charge on any atom is 0.338 e. The van der Waals surface area contributed by atoms with Crippen LogP contribution in [-0.2, 0) is 25.8 Å². The lowest BCUT2D eigenvalue weighted by Crippen LogP contribution is -2.36. The summed E-state index contributed by atoms with van der Waals surface area (Å²) in [5.74, 6) is -0.0872. The largest absolute Gasteiger partial charge is 0.493 e. The fourth-order valence-corrected chi connectivity index (χ4v) is 4.76. The van der Waals surface area contributed by atoms with E-state index in [0.29, 0.717) is 34.9 Å². The number of benzene rings is 2. The van der Waals surface area contributed by atoms with Crippen molar-refractivity contribution in [2.45, 2.75) is 39.3 Å². The van der Waals surface area contributed by atoms with Gasteiger partial charge in [0.25, 0.3) is 0 Å². The van der Waals surface area contributed by atoms with Crippen LogP contribution in [0.4, 0.5) is 5.69 Å². The molecule has 0 saturated heterocycles. The first kappa shape index (κ1) is 24.6. The first-order valence-electron chi connectivity index (χ1n) is 10.7. The lowest BCUT2D eigenvalue weighted by atomic mass is 10.0. The molecule has 1 aliphatic rings. The number of fused-ring (bicyclic) bond motifs is 1. The normalized spacial score (nSPS) is 14.2. The minimum absolute atomic E-state index is 0.115. The molecule has 9 heteroatoms. The van der Waals surface area contributed by atoms with E-state index in [1.165, 1.54) is 12.0 Å². The first-order valence-corrected chi connectivity index (χ1v) is 12.7. The number of sulfone groups is 1. The van der Waals surface area contributed by atoms with Crippen molar-refractivity contribution in [2.75, 3.05) is 30.6 Å². The SMILES string of the molecule is CCOc1cc(C(CS(C)(=O)=O)N2C(=O)Cc3ccc(C(=O)OC(C)C)cc32)ccc1OC. The predicted molar refractivity (Wildman–Crippen MR) is 125 cm³/mol. The number of rotatable bonds is 9. The highest BCUT2D eigenvalue weighted by Gasteiger charge is 2.36. The van der Waals surface area contributed by atoms with Crippen LogP contribution < -0.4 is 14.4 Å². The fraction of sp³-hybridized carbons (Fsp3) is 0.417. The Morgan fingerprint density at radius 2 is 1.85 bits per heavy atom. The van der Waals surface area contributed by atoms with Crippen LogP contribution >= 0.6 is 0 Å². The van der Waals surface area contributed by atoms with Crippen LogP contribution in [0.3, 0.4) is 0 Å². The van der Waals surface area contributed by atoms with Gasteiger partial charge >= 0.3 is 5.97 Å². The van der Waals surface area contributed by atoms with Crippen LogP contribution in [0, 0.1) is 0 Å². The number of methoxy groups -OCH3 is 1. The zero-order valence-corrected chi connectivity index (χ0v) is 20.3. The maximum absolute atomic E-state index is 13.1. The number of nitrogens with zero attached hydrogens (tertiary/aromatic N) is 1. The molecule has 1 aliphatic heterocycles. The van der Waals surface area contributed by atoms with Crippen LogP contribution in [0.2, 0.25) is 0 Å². The number of ether oxygens (including phenoxy) is 3. The van der Waals surface area contributed by atoms with Crippen molar-refractivity contribution in [3.63, 3.8) is 0 Å². The number of esters is 1. The third-order valence-corrected chi connectivity index (χ3v) is 6.10. The lowest BCUT2D eigenvalue weighted by Gasteiger charge is -2.29. The zero-order valence-electron chi connectivity index (χ0n) is 19.5. The maximum atomic E-state index is 13.1. The molecular weight excluding hydrogens is 446 g/mol. The first-order chi connectivity index (χ1) is 15.5. The summed E-state index contributed by atoms with van der Waals surface area (Å²) < 4.78 is 41.0. The molecule has 0 bridgehead atoms. The number of hydrogen-bond acceptors (Lipinski definition) is 7. The molecule has 8 nitrogen and oxygen atoms in total. The van der Waals surface area contributed by atoms with Gasteiger partial charge < -0.3 is 19.1 Å². The minimum Gasteiger partial charge on any atom is -0.493 e. The van der Waals surface area contributed by atoms with E-state index in [9.17, 15) is 18.0 Å². The summed E-state index contributed by atoms with van der Waals surface area (Å²) in [6.07, 6.45) is 0.951. The summed E-state index contributed by atoms with van der Waals surface area (Å²) in [5, 5.41) is 0. The molecule has 0 radical (unpaired) electrons. The second-order valence-corrected chi connectivity index (χ2v) is 10.4. The fourth-order valence-electron chi connectivity index (χ4n) is 3.85. The van der Waals surface area contributed by atoms with E-state index in [1.54, 1.807) is 50.2 Å². The van der Waals surface area contributed by atoms with Gasteiger partial charge in [-0.1, -0.05) is 12.1 Å². The molecule has 2 aromatic rings. The van der Waals surface area contributed by atoms with Crippen molar-refractivity contribution in [1.82, 2.24) is 0 Å². The number of anilines is 1. The molecule has 1 unspecified atom stereocenters. The predicted octanol–water partition coefficient (Wildman–Crippen LogP) is 3.33. The van der Waals surface area contributed by atoms with Crippen LogP contribution in [0.15, 0.2) is 36.4 Å². The second kappa shape index (κ2) is 9.82. The number of carbonyl (C=O) groups excluding carboxylic acids is 2. The van der Waals surface area contributed by atoms with Crippen LogP contribution in [0.1, 0.15) is 48.3 Å². The Morgan fingerprint density at radius 3 is 2.45 bits per heavy atom. The van der Waals surface area contributed by atoms with Crippen molar-refractivity contribution in [3.05, 3.63) is 53.1 Å². The van der Waals surface area contributed by atoms with E-state index in [-0.39, 0.29) is 24.2 Å².